The maximum Gasteiger partial charge on any atom is 0.165 e. The Morgan fingerprint density at radius 1 is 0.878 bits per heavy atom. The van der Waals surface area contributed by atoms with E-state index < -0.39 is 0 Å². The number of anilines is 2. The van der Waals surface area contributed by atoms with Gasteiger partial charge in [-0.15, -0.1) is 0 Å². The number of hydrogen-bond acceptors (Lipinski definition) is 7. The standard InChI is InChI=1S/C33H35N7O/c1-21-19-39(20-22(2)41-21)26-7-3-6-23(18-26)28-13-14-29-32(37-28)40(31(38-29)27-8-4-17-36-30(27)34)25-11-9-24(10-12-25)33(35)15-5-16-33/h3-4,6-14,17-18,21-22H,5,15-16,19-20,35H2,1-2H3,(H2,34,36)/t21-,22+. The van der Waals surface area contributed by atoms with Crippen molar-refractivity contribution in [3.63, 3.8) is 0 Å². The maximum atomic E-state index is 6.62. The van der Waals surface area contributed by atoms with Crippen LogP contribution in [0.4, 0.5) is 11.5 Å². The molecule has 2 atom stereocenters. The molecule has 8 nitrogen and oxygen atoms in total. The van der Waals surface area contributed by atoms with Gasteiger partial charge in [-0.2, -0.15) is 0 Å². The lowest BCUT2D eigenvalue weighted by atomic mass is 9.73. The quantitative estimate of drug-likeness (QED) is 0.292. The lowest BCUT2D eigenvalue weighted by Gasteiger charge is -2.38. The second kappa shape index (κ2) is 9.98. The second-order valence-electron chi connectivity index (χ2n) is 11.5. The summed E-state index contributed by atoms with van der Waals surface area (Å²) in [5.74, 6) is 1.14. The fourth-order valence-corrected chi connectivity index (χ4v) is 6.19. The van der Waals surface area contributed by atoms with E-state index in [1.54, 1.807) is 6.20 Å². The summed E-state index contributed by atoms with van der Waals surface area (Å²) in [7, 11) is 0. The van der Waals surface area contributed by atoms with Gasteiger partial charge in [-0.25, -0.2) is 15.0 Å². The van der Waals surface area contributed by atoms with Crippen LogP contribution in [0.15, 0.2) is 79.0 Å². The van der Waals surface area contributed by atoms with Crippen LogP contribution in [0.25, 0.3) is 39.5 Å². The fourth-order valence-electron chi connectivity index (χ4n) is 6.19. The van der Waals surface area contributed by atoms with E-state index in [4.69, 9.17) is 26.2 Å². The molecule has 8 heteroatoms. The molecule has 1 aliphatic carbocycles. The molecule has 7 rings (SSSR count). The zero-order valence-corrected chi connectivity index (χ0v) is 23.5. The van der Waals surface area contributed by atoms with Gasteiger partial charge in [-0.3, -0.25) is 4.57 Å². The van der Waals surface area contributed by atoms with Crippen molar-refractivity contribution >= 4 is 22.7 Å². The van der Waals surface area contributed by atoms with Crippen molar-refractivity contribution in [2.45, 2.75) is 50.9 Å². The molecule has 1 aliphatic heterocycles. The first-order chi connectivity index (χ1) is 19.9. The summed E-state index contributed by atoms with van der Waals surface area (Å²) in [4.78, 5) is 16.9. The summed E-state index contributed by atoms with van der Waals surface area (Å²) in [6.07, 6.45) is 5.28. The Balaban J connectivity index is 1.34. The molecular formula is C33H35N7O. The predicted molar refractivity (Wildman–Crippen MR) is 164 cm³/mol. The Bertz CT molecular complexity index is 1710. The number of fused-ring (bicyclic) bond motifs is 1. The van der Waals surface area contributed by atoms with Gasteiger partial charge in [0.15, 0.2) is 11.5 Å². The first-order valence-electron chi connectivity index (χ1n) is 14.4. The molecular weight excluding hydrogens is 510 g/mol. The molecule has 4 N–H and O–H groups in total. The monoisotopic (exact) mass is 545 g/mol. The van der Waals surface area contributed by atoms with E-state index in [0.29, 0.717) is 11.6 Å². The average molecular weight is 546 g/mol. The molecule has 208 valence electrons. The Labute approximate surface area is 240 Å². The molecule has 0 amide bonds. The number of morpholine rings is 1. The molecule has 0 spiro atoms. The average Bonchev–Trinajstić information content (AvgIpc) is 3.34. The molecule has 0 bridgehead atoms. The van der Waals surface area contributed by atoms with E-state index in [-0.39, 0.29) is 17.7 Å². The number of aromatic nitrogens is 4. The number of hydrogen-bond donors (Lipinski definition) is 2. The Kier molecular flexibility index (Phi) is 6.25. The molecule has 1 saturated heterocycles. The van der Waals surface area contributed by atoms with E-state index in [2.05, 4.69) is 76.8 Å². The third kappa shape index (κ3) is 4.63. The lowest BCUT2D eigenvalue weighted by molar-refractivity contribution is -0.00521. The normalized spacial score (nSPS) is 20.2. The Morgan fingerprint density at radius 2 is 1.66 bits per heavy atom. The van der Waals surface area contributed by atoms with E-state index in [1.165, 1.54) is 12.1 Å². The molecule has 3 aromatic heterocycles. The second-order valence-corrected chi connectivity index (χ2v) is 11.5. The van der Waals surface area contributed by atoms with Gasteiger partial charge in [0.2, 0.25) is 0 Å². The number of imidazole rings is 1. The highest BCUT2D eigenvalue weighted by Crippen LogP contribution is 2.39. The first kappa shape index (κ1) is 25.7. The van der Waals surface area contributed by atoms with Crippen LogP contribution in [0.1, 0.15) is 38.7 Å². The van der Waals surface area contributed by atoms with Gasteiger partial charge in [0.25, 0.3) is 0 Å². The van der Waals surface area contributed by atoms with Crippen LogP contribution in [0.3, 0.4) is 0 Å². The maximum absolute atomic E-state index is 6.62. The molecule has 0 radical (unpaired) electrons. The Morgan fingerprint density at radius 3 is 2.37 bits per heavy atom. The van der Waals surface area contributed by atoms with Crippen molar-refractivity contribution in [1.82, 2.24) is 19.5 Å². The molecule has 2 aromatic carbocycles. The van der Waals surface area contributed by atoms with E-state index >= 15 is 0 Å². The van der Waals surface area contributed by atoms with E-state index in [1.807, 2.05) is 24.3 Å². The highest BCUT2D eigenvalue weighted by atomic mass is 16.5. The number of benzene rings is 2. The minimum Gasteiger partial charge on any atom is -0.383 e. The summed E-state index contributed by atoms with van der Waals surface area (Å²) < 4.78 is 8.03. The van der Waals surface area contributed by atoms with Crippen molar-refractivity contribution in [3.05, 3.63) is 84.6 Å². The summed E-state index contributed by atoms with van der Waals surface area (Å²) in [5.41, 5.74) is 20.3. The van der Waals surface area contributed by atoms with Crippen LogP contribution in [-0.4, -0.2) is 44.8 Å². The van der Waals surface area contributed by atoms with Gasteiger partial charge in [-0.05, 0) is 87.2 Å². The summed E-state index contributed by atoms with van der Waals surface area (Å²) in [6.45, 7) is 5.98. The number of nitrogens with zero attached hydrogens (tertiary/aromatic N) is 5. The molecule has 2 aliphatic rings. The van der Waals surface area contributed by atoms with Crippen molar-refractivity contribution < 1.29 is 4.74 Å². The van der Waals surface area contributed by atoms with Crippen LogP contribution in [0.5, 0.6) is 0 Å². The van der Waals surface area contributed by atoms with Crippen molar-refractivity contribution in [3.8, 4) is 28.3 Å². The molecule has 0 unspecified atom stereocenters. The third-order valence-electron chi connectivity index (χ3n) is 8.46. The van der Waals surface area contributed by atoms with Crippen LogP contribution in [0.2, 0.25) is 0 Å². The van der Waals surface area contributed by atoms with Crippen LogP contribution in [-0.2, 0) is 10.3 Å². The lowest BCUT2D eigenvalue weighted by Crippen LogP contribution is -2.45. The van der Waals surface area contributed by atoms with Gasteiger partial charge < -0.3 is 21.1 Å². The predicted octanol–water partition coefficient (Wildman–Crippen LogP) is 5.68. The van der Waals surface area contributed by atoms with Crippen molar-refractivity contribution in [1.29, 1.82) is 0 Å². The Hall–Kier alpha value is -4.27. The van der Waals surface area contributed by atoms with E-state index in [0.717, 1.165) is 65.2 Å². The summed E-state index contributed by atoms with van der Waals surface area (Å²) >= 11 is 0. The van der Waals surface area contributed by atoms with E-state index in [9.17, 15) is 0 Å². The number of nitrogen functional groups attached to an aromatic ring is 1. The fraction of sp³-hybridized carbons (Fsp3) is 0.303. The minimum absolute atomic E-state index is 0.189. The van der Waals surface area contributed by atoms with Gasteiger partial charge in [0.05, 0.1) is 23.5 Å². The zero-order chi connectivity index (χ0) is 28.1. The van der Waals surface area contributed by atoms with Crippen LogP contribution >= 0.6 is 0 Å². The van der Waals surface area contributed by atoms with Gasteiger partial charge in [0.1, 0.15) is 11.3 Å². The third-order valence-corrected chi connectivity index (χ3v) is 8.46. The molecule has 41 heavy (non-hydrogen) atoms. The largest absolute Gasteiger partial charge is 0.383 e. The van der Waals surface area contributed by atoms with Crippen LogP contribution < -0.4 is 16.4 Å². The first-order valence-corrected chi connectivity index (χ1v) is 14.4. The number of ether oxygens (including phenoxy) is 1. The molecule has 1 saturated carbocycles. The van der Waals surface area contributed by atoms with Crippen molar-refractivity contribution in [2.24, 2.45) is 5.73 Å². The van der Waals surface area contributed by atoms with Crippen LogP contribution in [0, 0.1) is 0 Å². The number of nitrogens with two attached hydrogens (primary N) is 2. The van der Waals surface area contributed by atoms with Gasteiger partial charge in [0, 0.05) is 41.8 Å². The molecule has 4 heterocycles. The zero-order valence-electron chi connectivity index (χ0n) is 23.5. The minimum atomic E-state index is -0.224. The van der Waals surface area contributed by atoms with Gasteiger partial charge >= 0.3 is 0 Å². The smallest absolute Gasteiger partial charge is 0.165 e. The topological polar surface area (TPSA) is 108 Å². The highest BCUT2D eigenvalue weighted by Gasteiger charge is 2.34. The summed E-state index contributed by atoms with van der Waals surface area (Å²) in [5, 5.41) is 0. The molecule has 2 fully saturated rings. The van der Waals surface area contributed by atoms with Gasteiger partial charge in [-0.1, -0.05) is 24.3 Å². The summed E-state index contributed by atoms with van der Waals surface area (Å²) in [6, 6.07) is 25.0. The molecule has 5 aromatic rings. The highest BCUT2D eigenvalue weighted by molar-refractivity contribution is 5.84. The number of pyridine rings is 2. The SMILES string of the molecule is C[C@@H]1CN(c2cccc(-c3ccc4nc(-c5cccnc5N)n(-c5ccc(C6(N)CCC6)cc5)c4n3)c2)C[C@H](C)O1. The number of rotatable bonds is 5. The van der Waals surface area contributed by atoms with Crippen molar-refractivity contribution in [2.75, 3.05) is 23.7 Å².